The van der Waals surface area contributed by atoms with Gasteiger partial charge in [0, 0.05) is 10.7 Å². The molecule has 1 unspecified atom stereocenters. The van der Waals surface area contributed by atoms with Crippen molar-refractivity contribution in [3.05, 3.63) is 52.5 Å². The molecule has 0 bridgehead atoms. The Kier molecular flexibility index (Phi) is 3.62. The topological polar surface area (TPSA) is 38.8 Å². The number of rotatable bonds is 2. The molecule has 1 saturated heterocycles. The van der Waals surface area contributed by atoms with Crippen LogP contribution in [0.5, 0.6) is 11.5 Å². The van der Waals surface area contributed by atoms with Gasteiger partial charge in [-0.1, -0.05) is 23.7 Å². The molecule has 2 aliphatic heterocycles. The second kappa shape index (κ2) is 5.65. The molecule has 0 radical (unpaired) electrons. The van der Waals surface area contributed by atoms with Crippen molar-refractivity contribution in [2.24, 2.45) is 0 Å². The van der Waals surface area contributed by atoms with Crippen LogP contribution >= 0.6 is 23.4 Å². The third kappa shape index (κ3) is 2.54. The molecule has 2 heterocycles. The molecular weight excluding hydrogens is 334 g/mol. The quantitative estimate of drug-likeness (QED) is 0.817. The van der Waals surface area contributed by atoms with Gasteiger partial charge in [-0.05, 0) is 42.3 Å². The van der Waals surface area contributed by atoms with Gasteiger partial charge in [0.05, 0.1) is 5.75 Å². The fourth-order valence-corrected chi connectivity index (χ4v) is 4.09. The van der Waals surface area contributed by atoms with Crippen molar-refractivity contribution in [3.63, 3.8) is 0 Å². The fourth-order valence-electron chi connectivity index (χ4n) is 2.75. The first kappa shape index (κ1) is 14.7. The summed E-state index contributed by atoms with van der Waals surface area (Å²) in [6, 6.07) is 11.5. The predicted octanol–water partition coefficient (Wildman–Crippen LogP) is 4.16. The van der Waals surface area contributed by atoms with E-state index in [1.54, 1.807) is 16.7 Å². The van der Waals surface area contributed by atoms with E-state index in [4.69, 9.17) is 21.1 Å². The van der Waals surface area contributed by atoms with Gasteiger partial charge in [0.1, 0.15) is 5.37 Å². The lowest BCUT2D eigenvalue weighted by molar-refractivity contribution is -0.115. The number of halogens is 1. The maximum absolute atomic E-state index is 12.4. The van der Waals surface area contributed by atoms with Gasteiger partial charge in [-0.25, -0.2) is 0 Å². The lowest BCUT2D eigenvalue weighted by Crippen LogP contribution is -2.27. The molecule has 0 N–H and O–H groups in total. The summed E-state index contributed by atoms with van der Waals surface area (Å²) in [4.78, 5) is 14.2. The van der Waals surface area contributed by atoms with Crippen LogP contribution in [-0.4, -0.2) is 18.5 Å². The Morgan fingerprint density at radius 2 is 2.00 bits per heavy atom. The fraction of sp³-hybridized carbons (Fsp3) is 0.235. The highest BCUT2D eigenvalue weighted by Crippen LogP contribution is 2.45. The van der Waals surface area contributed by atoms with Crippen molar-refractivity contribution >= 4 is 35.0 Å². The molecule has 1 atom stereocenters. The van der Waals surface area contributed by atoms with Gasteiger partial charge in [-0.3, -0.25) is 9.69 Å². The standard InChI is InChI=1S/C17H14ClNO3S/c1-10-2-4-12(7-13(10)18)19-16(20)8-23-17(19)11-3-5-14-15(6-11)22-9-21-14/h2-7,17H,8-9H2,1H3. The van der Waals surface area contributed by atoms with Crippen LogP contribution in [0.3, 0.4) is 0 Å². The Hall–Kier alpha value is -1.85. The highest BCUT2D eigenvalue weighted by Gasteiger charge is 2.35. The van der Waals surface area contributed by atoms with E-state index in [0.29, 0.717) is 10.8 Å². The molecule has 2 aliphatic rings. The molecule has 23 heavy (non-hydrogen) atoms. The number of benzene rings is 2. The molecule has 1 amide bonds. The van der Waals surface area contributed by atoms with E-state index in [2.05, 4.69) is 0 Å². The Bertz CT molecular complexity index is 795. The molecular formula is C17H14ClNO3S. The van der Waals surface area contributed by atoms with Crippen LogP contribution in [0.25, 0.3) is 0 Å². The molecule has 2 aromatic carbocycles. The molecule has 0 spiro atoms. The predicted molar refractivity (Wildman–Crippen MR) is 91.4 cm³/mol. The summed E-state index contributed by atoms with van der Waals surface area (Å²) in [5.74, 6) is 2.00. The average molecular weight is 348 g/mol. The van der Waals surface area contributed by atoms with E-state index < -0.39 is 0 Å². The van der Waals surface area contributed by atoms with E-state index in [1.807, 2.05) is 43.3 Å². The molecule has 118 valence electrons. The minimum absolute atomic E-state index is 0.0811. The number of fused-ring (bicyclic) bond motifs is 1. The van der Waals surface area contributed by atoms with Crippen molar-refractivity contribution in [3.8, 4) is 11.5 Å². The molecule has 2 aromatic rings. The van der Waals surface area contributed by atoms with Crippen LogP contribution in [0.1, 0.15) is 16.5 Å². The van der Waals surface area contributed by atoms with Gasteiger partial charge < -0.3 is 9.47 Å². The first-order chi connectivity index (χ1) is 11.1. The van der Waals surface area contributed by atoms with Gasteiger partial charge in [-0.15, -0.1) is 11.8 Å². The van der Waals surface area contributed by atoms with Crippen molar-refractivity contribution in [2.45, 2.75) is 12.3 Å². The van der Waals surface area contributed by atoms with Crippen LogP contribution in [0.2, 0.25) is 5.02 Å². The molecule has 0 aliphatic carbocycles. The monoisotopic (exact) mass is 347 g/mol. The number of hydrogen-bond donors (Lipinski definition) is 0. The smallest absolute Gasteiger partial charge is 0.238 e. The lowest BCUT2D eigenvalue weighted by atomic mass is 10.1. The van der Waals surface area contributed by atoms with Gasteiger partial charge in [-0.2, -0.15) is 0 Å². The summed E-state index contributed by atoms with van der Waals surface area (Å²) in [6.07, 6.45) is 0. The summed E-state index contributed by atoms with van der Waals surface area (Å²) in [5.41, 5.74) is 2.83. The van der Waals surface area contributed by atoms with Crippen LogP contribution in [0.15, 0.2) is 36.4 Å². The highest BCUT2D eigenvalue weighted by molar-refractivity contribution is 8.00. The number of anilines is 1. The summed E-state index contributed by atoms with van der Waals surface area (Å²) in [7, 11) is 0. The molecule has 6 heteroatoms. The van der Waals surface area contributed by atoms with E-state index in [0.717, 1.165) is 28.3 Å². The maximum Gasteiger partial charge on any atom is 0.238 e. The van der Waals surface area contributed by atoms with Crippen molar-refractivity contribution in [2.75, 3.05) is 17.4 Å². The van der Waals surface area contributed by atoms with Gasteiger partial charge in [0.2, 0.25) is 12.7 Å². The zero-order chi connectivity index (χ0) is 16.0. The first-order valence-corrected chi connectivity index (χ1v) is 8.65. The first-order valence-electron chi connectivity index (χ1n) is 7.23. The largest absolute Gasteiger partial charge is 0.454 e. The Morgan fingerprint density at radius 3 is 2.83 bits per heavy atom. The highest BCUT2D eigenvalue weighted by atomic mass is 35.5. The molecule has 4 rings (SSSR count). The summed E-state index contributed by atoms with van der Waals surface area (Å²) < 4.78 is 10.8. The van der Waals surface area contributed by atoms with Gasteiger partial charge in [0.25, 0.3) is 0 Å². The van der Waals surface area contributed by atoms with E-state index >= 15 is 0 Å². The number of ether oxygens (including phenoxy) is 2. The summed E-state index contributed by atoms with van der Waals surface area (Å²) in [5, 5.41) is 0.576. The number of carbonyl (C=O) groups is 1. The third-order valence-electron chi connectivity index (χ3n) is 3.98. The second-order valence-electron chi connectivity index (χ2n) is 5.47. The maximum atomic E-state index is 12.4. The van der Waals surface area contributed by atoms with Crippen molar-refractivity contribution < 1.29 is 14.3 Å². The van der Waals surface area contributed by atoms with E-state index in [9.17, 15) is 4.79 Å². The number of hydrogen-bond acceptors (Lipinski definition) is 4. The second-order valence-corrected chi connectivity index (χ2v) is 6.95. The SMILES string of the molecule is Cc1ccc(N2C(=O)CSC2c2ccc3c(c2)OCO3)cc1Cl. The number of thioether (sulfide) groups is 1. The van der Waals surface area contributed by atoms with E-state index in [-0.39, 0.29) is 18.1 Å². The average Bonchev–Trinajstić information content (AvgIpc) is 3.15. The summed E-state index contributed by atoms with van der Waals surface area (Å²) in [6.45, 7) is 2.19. The molecule has 1 fully saturated rings. The van der Waals surface area contributed by atoms with Crippen molar-refractivity contribution in [1.29, 1.82) is 0 Å². The zero-order valence-electron chi connectivity index (χ0n) is 12.4. The summed E-state index contributed by atoms with van der Waals surface area (Å²) >= 11 is 7.83. The van der Waals surface area contributed by atoms with E-state index in [1.165, 1.54) is 0 Å². The van der Waals surface area contributed by atoms with Gasteiger partial charge in [0.15, 0.2) is 11.5 Å². The number of carbonyl (C=O) groups excluding carboxylic acids is 1. The number of amides is 1. The third-order valence-corrected chi connectivity index (χ3v) is 5.60. The normalized spacial score (nSPS) is 19.5. The van der Waals surface area contributed by atoms with Crippen LogP contribution in [0, 0.1) is 6.92 Å². The molecule has 0 saturated carbocycles. The zero-order valence-corrected chi connectivity index (χ0v) is 14.0. The Labute approximate surface area is 143 Å². The Balaban J connectivity index is 1.72. The number of nitrogens with zero attached hydrogens (tertiary/aromatic N) is 1. The molecule has 0 aromatic heterocycles. The van der Waals surface area contributed by atoms with Crippen molar-refractivity contribution in [1.82, 2.24) is 0 Å². The Morgan fingerprint density at radius 1 is 1.17 bits per heavy atom. The minimum Gasteiger partial charge on any atom is -0.454 e. The van der Waals surface area contributed by atoms with Crippen LogP contribution in [0.4, 0.5) is 5.69 Å². The van der Waals surface area contributed by atoms with Crippen LogP contribution in [-0.2, 0) is 4.79 Å². The number of aryl methyl sites for hydroxylation is 1. The van der Waals surface area contributed by atoms with Gasteiger partial charge >= 0.3 is 0 Å². The van der Waals surface area contributed by atoms with Crippen LogP contribution < -0.4 is 14.4 Å². The molecule has 4 nitrogen and oxygen atoms in total. The minimum atomic E-state index is -0.0872. The lowest BCUT2D eigenvalue weighted by Gasteiger charge is -2.25.